The second kappa shape index (κ2) is 4.47. The van der Waals surface area contributed by atoms with Crippen LogP contribution in [0.15, 0.2) is 24.5 Å². The first kappa shape index (κ1) is 10.2. The van der Waals surface area contributed by atoms with Crippen molar-refractivity contribution < 1.29 is 9.90 Å². The Balaban J connectivity index is 2.11. The Kier molecular flexibility index (Phi) is 2.86. The van der Waals surface area contributed by atoms with E-state index in [1.807, 2.05) is 0 Å². The van der Waals surface area contributed by atoms with Crippen molar-refractivity contribution in [3.63, 3.8) is 0 Å². The van der Waals surface area contributed by atoms with Crippen LogP contribution in [0.25, 0.3) is 5.69 Å². The smallest absolute Gasteiger partial charge is 0.303 e. The van der Waals surface area contributed by atoms with E-state index in [9.17, 15) is 4.79 Å². The van der Waals surface area contributed by atoms with Gasteiger partial charge in [0.05, 0.1) is 12.1 Å². The second-order valence-electron chi connectivity index (χ2n) is 3.09. The molecule has 82 valence electrons. The van der Waals surface area contributed by atoms with E-state index in [4.69, 9.17) is 5.11 Å². The summed E-state index contributed by atoms with van der Waals surface area (Å²) in [6.07, 6.45) is 3.52. The Hall–Kier alpha value is -2.31. The molecule has 2 aromatic rings. The van der Waals surface area contributed by atoms with Gasteiger partial charge in [0.15, 0.2) is 5.82 Å². The molecule has 2 rings (SSSR count). The fraction of sp³-hybridized carbons (Fsp3) is 0.222. The molecule has 0 atom stereocenters. The number of aliphatic carboxylic acids is 1. The number of pyridine rings is 1. The highest BCUT2D eigenvalue weighted by Gasteiger charge is 2.06. The van der Waals surface area contributed by atoms with E-state index >= 15 is 0 Å². The molecule has 7 heteroatoms. The molecule has 0 aliphatic rings. The van der Waals surface area contributed by atoms with Crippen molar-refractivity contribution in [1.82, 2.24) is 25.2 Å². The molecule has 0 unspecified atom stereocenters. The standard InChI is InChI=1S/C9H9N5O2/c15-9(16)2-1-8-11-13-14(12-8)7-3-5-10-6-4-7/h3-6H,1-2H2,(H,15,16). The van der Waals surface area contributed by atoms with Gasteiger partial charge in [0.1, 0.15) is 0 Å². The summed E-state index contributed by atoms with van der Waals surface area (Å²) < 4.78 is 0. The van der Waals surface area contributed by atoms with Crippen molar-refractivity contribution in [2.24, 2.45) is 0 Å². The van der Waals surface area contributed by atoms with Crippen LogP contribution in [0.2, 0.25) is 0 Å². The first-order valence-corrected chi connectivity index (χ1v) is 4.67. The monoisotopic (exact) mass is 219 g/mol. The van der Waals surface area contributed by atoms with Crippen molar-refractivity contribution >= 4 is 5.97 Å². The van der Waals surface area contributed by atoms with E-state index in [0.29, 0.717) is 5.82 Å². The summed E-state index contributed by atoms with van der Waals surface area (Å²) in [7, 11) is 0. The van der Waals surface area contributed by atoms with E-state index in [1.54, 1.807) is 24.5 Å². The number of aromatic nitrogens is 5. The minimum Gasteiger partial charge on any atom is -0.481 e. The van der Waals surface area contributed by atoms with E-state index in [-0.39, 0.29) is 12.8 Å². The predicted molar refractivity (Wildman–Crippen MR) is 52.9 cm³/mol. The zero-order valence-electron chi connectivity index (χ0n) is 8.32. The maximum Gasteiger partial charge on any atom is 0.303 e. The molecule has 7 nitrogen and oxygen atoms in total. The number of aryl methyl sites for hydroxylation is 1. The lowest BCUT2D eigenvalue weighted by molar-refractivity contribution is -0.137. The summed E-state index contributed by atoms with van der Waals surface area (Å²) in [5, 5.41) is 20.1. The molecule has 0 fully saturated rings. The van der Waals surface area contributed by atoms with Gasteiger partial charge in [-0.25, -0.2) is 0 Å². The molecule has 2 aromatic heterocycles. The minimum absolute atomic E-state index is 0.00202. The van der Waals surface area contributed by atoms with Gasteiger partial charge in [0, 0.05) is 18.8 Å². The number of carboxylic acid groups (broad SMARTS) is 1. The molecule has 0 saturated carbocycles. The lowest BCUT2D eigenvalue weighted by Gasteiger charge is -1.94. The van der Waals surface area contributed by atoms with Crippen LogP contribution in [0.1, 0.15) is 12.2 Å². The molecule has 0 saturated heterocycles. The molecule has 0 bridgehead atoms. The van der Waals surface area contributed by atoms with E-state index < -0.39 is 5.97 Å². The number of rotatable bonds is 4. The fourth-order valence-electron chi connectivity index (χ4n) is 1.15. The second-order valence-corrected chi connectivity index (χ2v) is 3.09. The van der Waals surface area contributed by atoms with Crippen LogP contribution in [0.5, 0.6) is 0 Å². The fourth-order valence-corrected chi connectivity index (χ4v) is 1.15. The normalized spacial score (nSPS) is 10.2. The van der Waals surface area contributed by atoms with Gasteiger partial charge in [0.2, 0.25) is 0 Å². The number of tetrazole rings is 1. The lowest BCUT2D eigenvalue weighted by Crippen LogP contribution is -2.01. The molecule has 0 radical (unpaired) electrons. The van der Waals surface area contributed by atoms with Crippen molar-refractivity contribution in [3.05, 3.63) is 30.4 Å². The van der Waals surface area contributed by atoms with Crippen LogP contribution in [0, 0.1) is 0 Å². The van der Waals surface area contributed by atoms with Crippen LogP contribution < -0.4 is 0 Å². The number of carbonyl (C=O) groups is 1. The molecular weight excluding hydrogens is 210 g/mol. The molecule has 0 aliphatic heterocycles. The molecule has 0 amide bonds. The molecule has 2 heterocycles. The highest BCUT2D eigenvalue weighted by molar-refractivity contribution is 5.66. The number of carboxylic acids is 1. The Bertz CT molecular complexity index is 482. The van der Waals surface area contributed by atoms with Crippen molar-refractivity contribution in [2.75, 3.05) is 0 Å². The van der Waals surface area contributed by atoms with E-state index in [0.717, 1.165) is 5.69 Å². The largest absolute Gasteiger partial charge is 0.481 e. The quantitative estimate of drug-likeness (QED) is 0.782. The van der Waals surface area contributed by atoms with Crippen LogP contribution >= 0.6 is 0 Å². The van der Waals surface area contributed by atoms with Crippen molar-refractivity contribution in [1.29, 1.82) is 0 Å². The summed E-state index contributed by atoms with van der Waals surface area (Å²) >= 11 is 0. The summed E-state index contributed by atoms with van der Waals surface area (Å²) in [5.74, 6) is -0.459. The van der Waals surface area contributed by atoms with E-state index in [2.05, 4.69) is 20.4 Å². The third kappa shape index (κ3) is 2.38. The van der Waals surface area contributed by atoms with Gasteiger partial charge in [-0.05, 0) is 17.3 Å². The molecule has 16 heavy (non-hydrogen) atoms. The molecule has 0 aliphatic carbocycles. The van der Waals surface area contributed by atoms with Crippen LogP contribution in [0.4, 0.5) is 0 Å². The highest BCUT2D eigenvalue weighted by Crippen LogP contribution is 2.02. The predicted octanol–water partition coefficient (Wildman–Crippen LogP) is 0.0745. The summed E-state index contributed by atoms with van der Waals surface area (Å²) in [4.78, 5) is 15.6. The van der Waals surface area contributed by atoms with Crippen LogP contribution in [0.3, 0.4) is 0 Å². The maximum atomic E-state index is 10.4. The van der Waals surface area contributed by atoms with Gasteiger partial charge in [-0.15, -0.1) is 15.0 Å². The average Bonchev–Trinajstić information content (AvgIpc) is 2.76. The van der Waals surface area contributed by atoms with Gasteiger partial charge in [-0.2, -0.15) is 0 Å². The minimum atomic E-state index is -0.875. The number of nitrogens with zero attached hydrogens (tertiary/aromatic N) is 5. The molecule has 0 aromatic carbocycles. The molecule has 0 spiro atoms. The van der Waals surface area contributed by atoms with Gasteiger partial charge < -0.3 is 5.11 Å². The SMILES string of the molecule is O=C(O)CCc1nnn(-c2ccncc2)n1. The van der Waals surface area contributed by atoms with Crippen molar-refractivity contribution in [3.8, 4) is 5.69 Å². The van der Waals surface area contributed by atoms with Crippen LogP contribution in [-0.2, 0) is 11.2 Å². The topological polar surface area (TPSA) is 93.8 Å². The number of hydrogen-bond acceptors (Lipinski definition) is 5. The zero-order chi connectivity index (χ0) is 11.4. The average molecular weight is 219 g/mol. The van der Waals surface area contributed by atoms with Gasteiger partial charge >= 0.3 is 5.97 Å². The van der Waals surface area contributed by atoms with Gasteiger partial charge in [0.25, 0.3) is 0 Å². The molecule has 1 N–H and O–H groups in total. The highest BCUT2D eigenvalue weighted by atomic mass is 16.4. The number of hydrogen-bond donors (Lipinski definition) is 1. The van der Waals surface area contributed by atoms with Crippen LogP contribution in [-0.4, -0.2) is 36.3 Å². The Labute approximate surface area is 90.7 Å². The third-order valence-electron chi connectivity index (χ3n) is 1.91. The van der Waals surface area contributed by atoms with Gasteiger partial charge in [-0.3, -0.25) is 9.78 Å². The zero-order valence-corrected chi connectivity index (χ0v) is 8.32. The first-order valence-electron chi connectivity index (χ1n) is 4.67. The summed E-state index contributed by atoms with van der Waals surface area (Å²) in [6, 6.07) is 3.48. The first-order chi connectivity index (χ1) is 7.75. The summed E-state index contributed by atoms with van der Waals surface area (Å²) in [6.45, 7) is 0. The lowest BCUT2D eigenvalue weighted by atomic mass is 10.3. The Morgan fingerprint density at radius 3 is 2.81 bits per heavy atom. The Morgan fingerprint density at radius 2 is 2.12 bits per heavy atom. The van der Waals surface area contributed by atoms with Crippen molar-refractivity contribution in [2.45, 2.75) is 12.8 Å². The maximum absolute atomic E-state index is 10.4. The van der Waals surface area contributed by atoms with Gasteiger partial charge in [-0.1, -0.05) is 0 Å². The molecular formula is C9H9N5O2. The summed E-state index contributed by atoms with van der Waals surface area (Å²) in [5.41, 5.74) is 0.740. The Morgan fingerprint density at radius 1 is 1.38 bits per heavy atom. The van der Waals surface area contributed by atoms with E-state index in [1.165, 1.54) is 4.80 Å². The third-order valence-corrected chi connectivity index (χ3v) is 1.91.